The number of aryl methyl sites for hydroxylation is 1. The van der Waals surface area contributed by atoms with Gasteiger partial charge in [-0.2, -0.15) is 0 Å². The van der Waals surface area contributed by atoms with Gasteiger partial charge in [0.05, 0.1) is 4.92 Å². The fraction of sp³-hybridized carbons (Fsp3) is 0.200. The molecule has 104 valence electrons. The number of benzene rings is 2. The molecule has 0 fully saturated rings. The van der Waals surface area contributed by atoms with Gasteiger partial charge < -0.3 is 5.32 Å². The standard InChI is InChI=1S/C15H15ClN2O2/c1-11-4-2-3-5-12(11)9-17-10-13-6-7-14(16)8-15(13)18(19)20/h2-8,17H,9-10H2,1H3. The van der Waals surface area contributed by atoms with Gasteiger partial charge in [-0.3, -0.25) is 10.1 Å². The monoisotopic (exact) mass is 290 g/mol. The number of halogens is 1. The Morgan fingerprint density at radius 3 is 2.55 bits per heavy atom. The van der Waals surface area contributed by atoms with Crippen LogP contribution < -0.4 is 5.32 Å². The first-order valence-corrected chi connectivity index (χ1v) is 6.64. The Bertz CT molecular complexity index is 629. The number of hydrogen-bond acceptors (Lipinski definition) is 3. The van der Waals surface area contributed by atoms with Crippen LogP contribution in [0.5, 0.6) is 0 Å². The van der Waals surface area contributed by atoms with Crippen LogP contribution in [0, 0.1) is 17.0 Å². The van der Waals surface area contributed by atoms with Crippen molar-refractivity contribution in [1.82, 2.24) is 5.32 Å². The van der Waals surface area contributed by atoms with E-state index in [9.17, 15) is 10.1 Å². The summed E-state index contributed by atoms with van der Waals surface area (Å²) in [5, 5.41) is 14.6. The van der Waals surface area contributed by atoms with Crippen LogP contribution in [-0.4, -0.2) is 4.92 Å². The van der Waals surface area contributed by atoms with Crippen molar-refractivity contribution in [3.05, 3.63) is 74.3 Å². The Labute approximate surface area is 122 Å². The number of nitro benzene ring substituents is 1. The maximum absolute atomic E-state index is 11.0. The fourth-order valence-corrected chi connectivity index (χ4v) is 2.16. The summed E-state index contributed by atoms with van der Waals surface area (Å²) in [7, 11) is 0. The summed E-state index contributed by atoms with van der Waals surface area (Å²) in [6.45, 7) is 3.15. The molecule has 4 nitrogen and oxygen atoms in total. The number of nitro groups is 1. The van der Waals surface area contributed by atoms with Gasteiger partial charge in [-0.15, -0.1) is 0 Å². The Hall–Kier alpha value is -1.91. The smallest absolute Gasteiger partial charge is 0.275 e. The maximum Gasteiger partial charge on any atom is 0.275 e. The zero-order valence-corrected chi connectivity index (χ0v) is 11.9. The van der Waals surface area contributed by atoms with Gasteiger partial charge in [0, 0.05) is 29.7 Å². The van der Waals surface area contributed by atoms with Gasteiger partial charge in [0.15, 0.2) is 0 Å². The third-order valence-corrected chi connectivity index (χ3v) is 3.37. The van der Waals surface area contributed by atoms with E-state index in [0.29, 0.717) is 23.7 Å². The second-order valence-electron chi connectivity index (χ2n) is 4.56. The van der Waals surface area contributed by atoms with Crippen molar-refractivity contribution in [1.29, 1.82) is 0 Å². The molecule has 0 saturated carbocycles. The number of nitrogens with one attached hydrogen (secondary N) is 1. The largest absolute Gasteiger partial charge is 0.308 e. The Morgan fingerprint density at radius 1 is 1.15 bits per heavy atom. The van der Waals surface area contributed by atoms with Crippen LogP contribution in [0.15, 0.2) is 42.5 Å². The first-order valence-electron chi connectivity index (χ1n) is 6.26. The lowest BCUT2D eigenvalue weighted by molar-refractivity contribution is -0.385. The van der Waals surface area contributed by atoms with Crippen molar-refractivity contribution in [2.45, 2.75) is 20.0 Å². The van der Waals surface area contributed by atoms with Crippen molar-refractivity contribution in [2.24, 2.45) is 0 Å². The first kappa shape index (κ1) is 14.5. The van der Waals surface area contributed by atoms with Gasteiger partial charge in [0.25, 0.3) is 5.69 Å². The van der Waals surface area contributed by atoms with Crippen LogP contribution in [0.1, 0.15) is 16.7 Å². The van der Waals surface area contributed by atoms with Gasteiger partial charge in [0.1, 0.15) is 0 Å². The zero-order valence-electron chi connectivity index (χ0n) is 11.1. The summed E-state index contributed by atoms with van der Waals surface area (Å²) in [6, 6.07) is 12.8. The molecule has 0 heterocycles. The minimum Gasteiger partial charge on any atom is -0.308 e. The second-order valence-corrected chi connectivity index (χ2v) is 5.00. The van der Waals surface area contributed by atoms with E-state index in [1.807, 2.05) is 31.2 Å². The van der Waals surface area contributed by atoms with E-state index in [1.54, 1.807) is 12.1 Å². The molecule has 5 heteroatoms. The van der Waals surface area contributed by atoms with Crippen molar-refractivity contribution in [2.75, 3.05) is 0 Å². The Morgan fingerprint density at radius 2 is 1.85 bits per heavy atom. The molecule has 1 N–H and O–H groups in total. The Balaban J connectivity index is 2.05. The van der Waals surface area contributed by atoms with E-state index >= 15 is 0 Å². The first-order chi connectivity index (χ1) is 9.58. The van der Waals surface area contributed by atoms with Gasteiger partial charge in [-0.05, 0) is 30.2 Å². The van der Waals surface area contributed by atoms with E-state index in [-0.39, 0.29) is 5.69 Å². The van der Waals surface area contributed by atoms with E-state index in [4.69, 9.17) is 11.6 Å². The Kier molecular flexibility index (Phi) is 4.71. The van der Waals surface area contributed by atoms with Crippen molar-refractivity contribution < 1.29 is 4.92 Å². The van der Waals surface area contributed by atoms with E-state index < -0.39 is 4.92 Å². The molecule has 0 radical (unpaired) electrons. The predicted molar refractivity (Wildman–Crippen MR) is 79.8 cm³/mol. The lowest BCUT2D eigenvalue weighted by Crippen LogP contribution is -2.14. The summed E-state index contributed by atoms with van der Waals surface area (Å²) in [6.07, 6.45) is 0. The molecule has 0 aliphatic carbocycles. The number of hydrogen-bond donors (Lipinski definition) is 1. The van der Waals surface area contributed by atoms with Crippen LogP contribution >= 0.6 is 11.6 Å². The molecule has 0 amide bonds. The highest BCUT2D eigenvalue weighted by atomic mass is 35.5. The van der Waals surface area contributed by atoms with Crippen LogP contribution in [-0.2, 0) is 13.1 Å². The van der Waals surface area contributed by atoms with Crippen molar-refractivity contribution >= 4 is 17.3 Å². The molecule has 0 atom stereocenters. The van der Waals surface area contributed by atoms with Crippen LogP contribution in [0.2, 0.25) is 5.02 Å². The predicted octanol–water partition coefficient (Wildman–Crippen LogP) is 3.85. The molecule has 20 heavy (non-hydrogen) atoms. The SMILES string of the molecule is Cc1ccccc1CNCc1ccc(Cl)cc1[N+](=O)[O-]. The minimum absolute atomic E-state index is 0.0507. The molecule has 2 rings (SSSR count). The summed E-state index contributed by atoms with van der Waals surface area (Å²) >= 11 is 5.79. The van der Waals surface area contributed by atoms with Gasteiger partial charge in [-0.25, -0.2) is 0 Å². The van der Waals surface area contributed by atoms with Crippen LogP contribution in [0.3, 0.4) is 0 Å². The number of rotatable bonds is 5. The lowest BCUT2D eigenvalue weighted by atomic mass is 10.1. The molecule has 0 spiro atoms. The maximum atomic E-state index is 11.0. The third-order valence-electron chi connectivity index (χ3n) is 3.14. The average molecular weight is 291 g/mol. The van der Waals surface area contributed by atoms with Crippen molar-refractivity contribution in [3.8, 4) is 0 Å². The summed E-state index contributed by atoms with van der Waals surface area (Å²) in [5.74, 6) is 0. The highest BCUT2D eigenvalue weighted by Gasteiger charge is 2.13. The summed E-state index contributed by atoms with van der Waals surface area (Å²) in [4.78, 5) is 10.6. The molecule has 0 saturated heterocycles. The zero-order chi connectivity index (χ0) is 14.5. The van der Waals surface area contributed by atoms with E-state index in [1.165, 1.54) is 17.2 Å². The summed E-state index contributed by atoms with van der Waals surface area (Å²) in [5.41, 5.74) is 3.07. The van der Waals surface area contributed by atoms with Crippen LogP contribution in [0.4, 0.5) is 5.69 Å². The molecule has 2 aromatic carbocycles. The van der Waals surface area contributed by atoms with Gasteiger partial charge >= 0.3 is 0 Å². The second kappa shape index (κ2) is 6.50. The fourth-order valence-electron chi connectivity index (χ4n) is 2.00. The quantitative estimate of drug-likeness (QED) is 0.672. The highest BCUT2D eigenvalue weighted by Crippen LogP contribution is 2.23. The molecule has 0 aliphatic rings. The molecule has 0 aromatic heterocycles. The lowest BCUT2D eigenvalue weighted by Gasteiger charge is -2.08. The topological polar surface area (TPSA) is 55.2 Å². The highest BCUT2D eigenvalue weighted by molar-refractivity contribution is 6.30. The van der Waals surface area contributed by atoms with E-state index in [2.05, 4.69) is 5.32 Å². The molecule has 0 unspecified atom stereocenters. The molecule has 0 bridgehead atoms. The van der Waals surface area contributed by atoms with E-state index in [0.717, 1.165) is 0 Å². The molecule has 2 aromatic rings. The van der Waals surface area contributed by atoms with Crippen LogP contribution in [0.25, 0.3) is 0 Å². The summed E-state index contributed by atoms with van der Waals surface area (Å²) < 4.78 is 0. The molecule has 0 aliphatic heterocycles. The van der Waals surface area contributed by atoms with Gasteiger partial charge in [0.2, 0.25) is 0 Å². The molecular weight excluding hydrogens is 276 g/mol. The third kappa shape index (κ3) is 3.56. The van der Waals surface area contributed by atoms with Gasteiger partial charge in [-0.1, -0.05) is 35.9 Å². The molecular formula is C15H15ClN2O2. The number of nitrogens with zero attached hydrogens (tertiary/aromatic N) is 1. The minimum atomic E-state index is -0.406. The van der Waals surface area contributed by atoms with Crippen molar-refractivity contribution in [3.63, 3.8) is 0 Å². The normalized spacial score (nSPS) is 10.5. The average Bonchev–Trinajstić information content (AvgIpc) is 2.42.